The zero-order chi connectivity index (χ0) is 18.6. The van der Waals surface area contributed by atoms with Gasteiger partial charge in [-0.05, 0) is 41.0 Å². The molecule has 0 bridgehead atoms. The zero-order valence-corrected chi connectivity index (χ0v) is 15.1. The van der Waals surface area contributed by atoms with Crippen LogP contribution in [0.4, 0.5) is 0 Å². The first-order valence-corrected chi connectivity index (χ1v) is 8.89. The fourth-order valence-electron chi connectivity index (χ4n) is 3.21. The number of imidazole rings is 1. The lowest BCUT2D eigenvalue weighted by Gasteiger charge is -2.09. The maximum absolute atomic E-state index is 12.5. The molecule has 4 rings (SSSR count). The Morgan fingerprint density at radius 3 is 2.74 bits per heavy atom. The van der Waals surface area contributed by atoms with Crippen LogP contribution in [0.2, 0.25) is 0 Å². The predicted octanol–water partition coefficient (Wildman–Crippen LogP) is 3.59. The van der Waals surface area contributed by atoms with E-state index in [0.29, 0.717) is 13.0 Å². The Hall–Kier alpha value is -3.47. The van der Waals surface area contributed by atoms with Gasteiger partial charge in [0.15, 0.2) is 0 Å². The summed E-state index contributed by atoms with van der Waals surface area (Å²) in [4.78, 5) is 21.1. The normalized spacial score (nSPS) is 10.9. The number of benzene rings is 2. The zero-order valence-electron chi connectivity index (χ0n) is 15.1. The molecule has 0 fully saturated rings. The van der Waals surface area contributed by atoms with Gasteiger partial charge in [-0.15, -0.1) is 0 Å². The van der Waals surface area contributed by atoms with Gasteiger partial charge in [-0.2, -0.15) is 0 Å². The summed E-state index contributed by atoms with van der Waals surface area (Å²) in [5, 5.41) is 5.28. The highest BCUT2D eigenvalue weighted by molar-refractivity contribution is 5.90. The van der Waals surface area contributed by atoms with Crippen molar-refractivity contribution in [2.45, 2.75) is 19.9 Å². The van der Waals surface area contributed by atoms with E-state index in [1.54, 1.807) is 12.4 Å². The smallest absolute Gasteiger partial charge is 0.224 e. The number of pyridine rings is 1. The van der Waals surface area contributed by atoms with Gasteiger partial charge >= 0.3 is 0 Å². The lowest BCUT2D eigenvalue weighted by atomic mass is 10.0. The Kier molecular flexibility index (Phi) is 4.66. The molecule has 5 heteroatoms. The first kappa shape index (κ1) is 17.0. The topological polar surface area (TPSA) is 59.8 Å². The Morgan fingerprint density at radius 2 is 1.89 bits per heavy atom. The van der Waals surface area contributed by atoms with E-state index >= 15 is 0 Å². The van der Waals surface area contributed by atoms with Crippen LogP contribution < -0.4 is 5.32 Å². The molecule has 1 N–H and O–H groups in total. The van der Waals surface area contributed by atoms with Crippen molar-refractivity contribution in [3.63, 3.8) is 0 Å². The molecule has 2 aromatic carbocycles. The van der Waals surface area contributed by atoms with Crippen molar-refractivity contribution in [1.29, 1.82) is 0 Å². The number of hydrogen-bond donors (Lipinski definition) is 1. The van der Waals surface area contributed by atoms with Crippen molar-refractivity contribution in [2.24, 2.45) is 0 Å². The Balaban J connectivity index is 1.44. The molecule has 4 aromatic rings. The molecular formula is C22H20N4O. The van der Waals surface area contributed by atoms with E-state index < -0.39 is 0 Å². The van der Waals surface area contributed by atoms with E-state index in [1.165, 1.54) is 0 Å². The average Bonchev–Trinajstić information content (AvgIpc) is 3.13. The summed E-state index contributed by atoms with van der Waals surface area (Å²) in [6, 6.07) is 18.1. The lowest BCUT2D eigenvalue weighted by Crippen LogP contribution is -2.24. The highest BCUT2D eigenvalue weighted by atomic mass is 16.1. The SMILES string of the molecule is Cc1nccn1-c1cc(CNC(=O)Cc2cccc3ccccc23)ccn1. The number of carbonyl (C=O) groups excluding carboxylic acids is 1. The number of rotatable bonds is 5. The van der Waals surface area contributed by atoms with Crippen LogP contribution in [0, 0.1) is 6.92 Å². The van der Waals surface area contributed by atoms with Crippen LogP contribution in [0.15, 0.2) is 73.2 Å². The number of hydrogen-bond acceptors (Lipinski definition) is 3. The van der Waals surface area contributed by atoms with E-state index in [1.807, 2.05) is 54.1 Å². The molecule has 1 amide bonds. The Morgan fingerprint density at radius 1 is 1.04 bits per heavy atom. The largest absolute Gasteiger partial charge is 0.352 e. The lowest BCUT2D eigenvalue weighted by molar-refractivity contribution is -0.120. The molecule has 0 atom stereocenters. The number of amides is 1. The number of nitrogens with zero attached hydrogens (tertiary/aromatic N) is 3. The van der Waals surface area contributed by atoms with Gasteiger partial charge in [-0.3, -0.25) is 9.36 Å². The minimum absolute atomic E-state index is 0.00327. The number of carbonyl (C=O) groups is 1. The predicted molar refractivity (Wildman–Crippen MR) is 106 cm³/mol. The summed E-state index contributed by atoms with van der Waals surface area (Å²) in [6.45, 7) is 2.40. The summed E-state index contributed by atoms with van der Waals surface area (Å²) in [5.74, 6) is 1.67. The molecule has 0 saturated heterocycles. The van der Waals surface area contributed by atoms with Crippen molar-refractivity contribution in [1.82, 2.24) is 19.9 Å². The van der Waals surface area contributed by atoms with Gasteiger partial charge in [-0.1, -0.05) is 42.5 Å². The van der Waals surface area contributed by atoms with Crippen molar-refractivity contribution in [3.8, 4) is 5.82 Å². The molecular weight excluding hydrogens is 336 g/mol. The fourth-order valence-corrected chi connectivity index (χ4v) is 3.21. The second-order valence-electron chi connectivity index (χ2n) is 6.46. The van der Waals surface area contributed by atoms with E-state index in [4.69, 9.17) is 0 Å². The molecule has 0 aliphatic rings. The van der Waals surface area contributed by atoms with E-state index in [9.17, 15) is 4.79 Å². The monoisotopic (exact) mass is 356 g/mol. The molecule has 0 aliphatic carbocycles. The molecule has 0 saturated carbocycles. The summed E-state index contributed by atoms with van der Waals surface area (Å²) < 4.78 is 1.92. The molecule has 2 aromatic heterocycles. The van der Waals surface area contributed by atoms with Crippen LogP contribution in [-0.4, -0.2) is 20.4 Å². The van der Waals surface area contributed by atoms with E-state index in [-0.39, 0.29) is 5.91 Å². The maximum atomic E-state index is 12.5. The molecule has 0 unspecified atom stereocenters. The number of nitrogens with one attached hydrogen (secondary N) is 1. The molecule has 0 aliphatic heterocycles. The number of aromatic nitrogens is 3. The molecule has 0 radical (unpaired) electrons. The van der Waals surface area contributed by atoms with Crippen molar-refractivity contribution in [2.75, 3.05) is 0 Å². The third-order valence-corrected chi connectivity index (χ3v) is 4.60. The fraction of sp³-hybridized carbons (Fsp3) is 0.136. The van der Waals surface area contributed by atoms with Crippen molar-refractivity contribution < 1.29 is 4.79 Å². The molecule has 0 spiro atoms. The van der Waals surface area contributed by atoms with Crippen molar-refractivity contribution in [3.05, 3.63) is 90.1 Å². The second kappa shape index (κ2) is 7.41. The van der Waals surface area contributed by atoms with Crippen LogP contribution in [-0.2, 0) is 17.8 Å². The van der Waals surface area contributed by atoms with Gasteiger partial charge in [0.25, 0.3) is 0 Å². The van der Waals surface area contributed by atoms with Crippen molar-refractivity contribution >= 4 is 16.7 Å². The Labute approximate surface area is 157 Å². The molecule has 2 heterocycles. The highest BCUT2D eigenvalue weighted by Crippen LogP contribution is 2.19. The number of aryl methyl sites for hydroxylation is 1. The van der Waals surface area contributed by atoms with E-state index in [2.05, 4.69) is 33.5 Å². The van der Waals surface area contributed by atoms with Crippen LogP contribution in [0.5, 0.6) is 0 Å². The standard InChI is InChI=1S/C22H20N4O/c1-16-23-11-12-26(16)21-13-17(9-10-24-21)15-25-22(27)14-19-7-4-6-18-5-2-3-8-20(18)19/h2-13H,14-15H2,1H3,(H,25,27). The van der Waals surface area contributed by atoms with Gasteiger partial charge in [0, 0.05) is 25.1 Å². The Bertz CT molecular complexity index is 1090. The van der Waals surface area contributed by atoms with Crippen LogP contribution in [0.3, 0.4) is 0 Å². The highest BCUT2D eigenvalue weighted by Gasteiger charge is 2.08. The first-order valence-electron chi connectivity index (χ1n) is 8.89. The van der Waals surface area contributed by atoms with Gasteiger partial charge in [0.05, 0.1) is 6.42 Å². The average molecular weight is 356 g/mol. The van der Waals surface area contributed by atoms with Gasteiger partial charge < -0.3 is 5.32 Å². The maximum Gasteiger partial charge on any atom is 0.224 e. The summed E-state index contributed by atoms with van der Waals surface area (Å²) in [6.07, 6.45) is 5.73. The summed E-state index contributed by atoms with van der Waals surface area (Å²) >= 11 is 0. The number of fused-ring (bicyclic) bond motifs is 1. The van der Waals surface area contributed by atoms with Gasteiger partial charge in [0.1, 0.15) is 11.6 Å². The molecule has 27 heavy (non-hydrogen) atoms. The van der Waals surface area contributed by atoms with Crippen LogP contribution in [0.1, 0.15) is 17.0 Å². The van der Waals surface area contributed by atoms with E-state index in [0.717, 1.165) is 33.5 Å². The van der Waals surface area contributed by atoms with Crippen LogP contribution >= 0.6 is 0 Å². The summed E-state index contributed by atoms with van der Waals surface area (Å²) in [7, 11) is 0. The summed E-state index contributed by atoms with van der Waals surface area (Å²) in [5.41, 5.74) is 2.04. The third kappa shape index (κ3) is 3.72. The molecule has 5 nitrogen and oxygen atoms in total. The quantitative estimate of drug-likeness (QED) is 0.594. The van der Waals surface area contributed by atoms with Crippen LogP contribution in [0.25, 0.3) is 16.6 Å². The second-order valence-corrected chi connectivity index (χ2v) is 6.46. The minimum Gasteiger partial charge on any atom is -0.352 e. The van der Waals surface area contributed by atoms with Gasteiger partial charge in [0.2, 0.25) is 5.91 Å². The first-order chi connectivity index (χ1) is 13.2. The third-order valence-electron chi connectivity index (χ3n) is 4.60. The molecule has 134 valence electrons. The van der Waals surface area contributed by atoms with Gasteiger partial charge in [-0.25, -0.2) is 9.97 Å². The minimum atomic E-state index is 0.00327.